The number of nitrogens with one attached hydrogen (secondary N) is 1. The molecule has 1 aromatic heterocycles. The maximum Gasteiger partial charge on any atom is 0.307 e. The number of amides is 1. The lowest BCUT2D eigenvalue weighted by molar-refractivity contribution is -0.156. The van der Waals surface area contributed by atoms with Crippen molar-refractivity contribution >= 4 is 11.9 Å². The third-order valence-electron chi connectivity index (χ3n) is 4.79. The predicted molar refractivity (Wildman–Crippen MR) is 108 cm³/mol. The summed E-state index contributed by atoms with van der Waals surface area (Å²) in [6.45, 7) is 0. The van der Waals surface area contributed by atoms with Crippen LogP contribution in [0.5, 0.6) is 0 Å². The first-order valence-corrected chi connectivity index (χ1v) is 9.83. The normalized spacial score (nSPS) is 14.2. The zero-order valence-electron chi connectivity index (χ0n) is 16.0. The minimum atomic E-state index is -0.920. The molecule has 0 spiro atoms. The molecule has 0 aliphatic heterocycles. The number of rotatable bonds is 8. The van der Waals surface area contributed by atoms with Crippen molar-refractivity contribution in [3.63, 3.8) is 0 Å². The Bertz CT molecular complexity index is 965. The van der Waals surface area contributed by atoms with Crippen molar-refractivity contribution in [1.29, 1.82) is 0 Å². The molecule has 1 heterocycles. The molecule has 1 N–H and O–H groups in total. The van der Waals surface area contributed by atoms with Crippen molar-refractivity contribution in [2.75, 3.05) is 0 Å². The molecule has 2 aromatic carbocycles. The Kier molecular flexibility index (Phi) is 5.70. The number of esters is 1. The van der Waals surface area contributed by atoms with Gasteiger partial charge in [-0.05, 0) is 37.0 Å². The minimum absolute atomic E-state index is 0.181. The summed E-state index contributed by atoms with van der Waals surface area (Å²) in [4.78, 5) is 25.0. The van der Waals surface area contributed by atoms with Gasteiger partial charge in [-0.15, -0.1) is 0 Å². The van der Waals surface area contributed by atoms with Crippen LogP contribution in [-0.4, -0.2) is 27.7 Å². The van der Waals surface area contributed by atoms with Gasteiger partial charge in [0.05, 0.1) is 11.9 Å². The van der Waals surface area contributed by atoms with Gasteiger partial charge in [-0.25, -0.2) is 4.68 Å². The SMILES string of the molecule is O=C(CCc1cnn(-c2ccccc2)c1)OC(C(=O)NC1CC1)c1ccccc1. The van der Waals surface area contributed by atoms with Crippen LogP contribution in [0.4, 0.5) is 0 Å². The van der Waals surface area contributed by atoms with E-state index in [1.807, 2.05) is 54.7 Å². The highest BCUT2D eigenvalue weighted by Crippen LogP contribution is 2.23. The summed E-state index contributed by atoms with van der Waals surface area (Å²) in [5.74, 6) is -0.666. The standard InChI is InChI=1S/C23H23N3O3/c27-21(14-11-17-15-24-26(16-17)20-9-5-2-6-10-20)29-22(18-7-3-1-4-8-18)23(28)25-19-12-13-19/h1-10,15-16,19,22H,11-14H2,(H,25,28). The van der Waals surface area contributed by atoms with Crippen LogP contribution in [0.25, 0.3) is 5.69 Å². The fourth-order valence-electron chi connectivity index (χ4n) is 3.05. The van der Waals surface area contributed by atoms with Crippen molar-refractivity contribution in [2.45, 2.75) is 37.8 Å². The van der Waals surface area contributed by atoms with E-state index in [1.165, 1.54) is 0 Å². The average Bonchev–Trinajstić information content (AvgIpc) is 3.44. The van der Waals surface area contributed by atoms with Gasteiger partial charge in [-0.1, -0.05) is 48.5 Å². The smallest absolute Gasteiger partial charge is 0.307 e. The Labute approximate surface area is 169 Å². The number of aromatic nitrogens is 2. The molecule has 3 aromatic rings. The van der Waals surface area contributed by atoms with E-state index in [1.54, 1.807) is 23.0 Å². The van der Waals surface area contributed by atoms with Crippen LogP contribution in [0.15, 0.2) is 73.1 Å². The lowest BCUT2D eigenvalue weighted by Crippen LogP contribution is -2.33. The van der Waals surface area contributed by atoms with Crippen LogP contribution in [0.2, 0.25) is 0 Å². The van der Waals surface area contributed by atoms with E-state index in [0.717, 1.165) is 24.1 Å². The van der Waals surface area contributed by atoms with Gasteiger partial charge in [0, 0.05) is 24.2 Å². The summed E-state index contributed by atoms with van der Waals surface area (Å²) in [6, 6.07) is 19.1. The van der Waals surface area contributed by atoms with Gasteiger partial charge in [0.25, 0.3) is 5.91 Å². The topological polar surface area (TPSA) is 73.2 Å². The monoisotopic (exact) mass is 389 g/mol. The van der Waals surface area contributed by atoms with Crippen LogP contribution >= 0.6 is 0 Å². The Morgan fingerprint density at radius 3 is 2.45 bits per heavy atom. The molecule has 1 aliphatic rings. The van der Waals surface area contributed by atoms with Crippen molar-refractivity contribution in [3.05, 3.63) is 84.2 Å². The lowest BCUT2D eigenvalue weighted by atomic mass is 10.1. The van der Waals surface area contributed by atoms with Crippen LogP contribution in [0, 0.1) is 0 Å². The van der Waals surface area contributed by atoms with Gasteiger partial charge in [-0.2, -0.15) is 5.10 Å². The number of benzene rings is 2. The van der Waals surface area contributed by atoms with E-state index < -0.39 is 12.1 Å². The van der Waals surface area contributed by atoms with Crippen LogP contribution in [0.1, 0.15) is 36.5 Å². The summed E-state index contributed by atoms with van der Waals surface area (Å²) in [7, 11) is 0. The quantitative estimate of drug-likeness (QED) is 0.600. The number of carbonyl (C=O) groups is 2. The van der Waals surface area contributed by atoms with Crippen LogP contribution in [-0.2, 0) is 20.7 Å². The molecular weight excluding hydrogens is 366 g/mol. The van der Waals surface area contributed by atoms with E-state index in [4.69, 9.17) is 4.74 Å². The van der Waals surface area contributed by atoms with Crippen molar-refractivity contribution in [1.82, 2.24) is 15.1 Å². The molecule has 1 unspecified atom stereocenters. The van der Waals surface area contributed by atoms with E-state index >= 15 is 0 Å². The zero-order chi connectivity index (χ0) is 20.1. The molecule has 1 fully saturated rings. The fraction of sp³-hybridized carbons (Fsp3) is 0.261. The van der Waals surface area contributed by atoms with E-state index in [-0.39, 0.29) is 18.4 Å². The first kappa shape index (κ1) is 18.9. The minimum Gasteiger partial charge on any atom is -0.447 e. The largest absolute Gasteiger partial charge is 0.447 e. The number of ether oxygens (including phenoxy) is 1. The summed E-state index contributed by atoms with van der Waals surface area (Å²) < 4.78 is 7.34. The molecule has 1 aliphatic carbocycles. The molecule has 0 bridgehead atoms. The Balaban J connectivity index is 1.37. The Morgan fingerprint density at radius 2 is 1.76 bits per heavy atom. The van der Waals surface area contributed by atoms with Gasteiger partial charge in [0.2, 0.25) is 6.10 Å². The first-order chi connectivity index (χ1) is 14.2. The number of hydrogen-bond acceptors (Lipinski definition) is 4. The molecule has 148 valence electrons. The number of aryl methyl sites for hydroxylation is 1. The van der Waals surface area contributed by atoms with Crippen LogP contribution < -0.4 is 5.32 Å². The maximum atomic E-state index is 12.6. The number of hydrogen-bond donors (Lipinski definition) is 1. The number of carbonyl (C=O) groups excluding carboxylic acids is 2. The second-order valence-corrected chi connectivity index (χ2v) is 7.19. The highest BCUT2D eigenvalue weighted by Gasteiger charge is 2.30. The molecule has 1 amide bonds. The highest BCUT2D eigenvalue weighted by atomic mass is 16.5. The maximum absolute atomic E-state index is 12.6. The number of nitrogens with zero attached hydrogens (tertiary/aromatic N) is 2. The highest BCUT2D eigenvalue weighted by molar-refractivity contribution is 5.85. The summed E-state index contributed by atoms with van der Waals surface area (Å²) >= 11 is 0. The zero-order valence-corrected chi connectivity index (χ0v) is 16.0. The third kappa shape index (κ3) is 5.10. The second-order valence-electron chi connectivity index (χ2n) is 7.19. The molecule has 6 heteroatoms. The summed E-state index contributed by atoms with van der Waals surface area (Å²) in [5, 5.41) is 7.26. The summed E-state index contributed by atoms with van der Waals surface area (Å²) in [6.07, 6.45) is 5.36. The molecule has 1 atom stereocenters. The van der Waals surface area contributed by atoms with Crippen molar-refractivity contribution in [3.8, 4) is 5.69 Å². The molecule has 4 rings (SSSR count). The van der Waals surface area contributed by atoms with Gasteiger partial charge in [0.15, 0.2) is 0 Å². The number of para-hydroxylation sites is 1. The van der Waals surface area contributed by atoms with Crippen molar-refractivity contribution < 1.29 is 14.3 Å². The first-order valence-electron chi connectivity index (χ1n) is 9.83. The van der Waals surface area contributed by atoms with E-state index in [2.05, 4.69) is 10.4 Å². The summed E-state index contributed by atoms with van der Waals surface area (Å²) in [5.41, 5.74) is 2.57. The second kappa shape index (κ2) is 8.73. The van der Waals surface area contributed by atoms with Gasteiger partial charge < -0.3 is 10.1 Å². The van der Waals surface area contributed by atoms with E-state index in [9.17, 15) is 9.59 Å². The Hall–Kier alpha value is -3.41. The van der Waals surface area contributed by atoms with E-state index in [0.29, 0.717) is 12.0 Å². The van der Waals surface area contributed by atoms with Crippen molar-refractivity contribution in [2.24, 2.45) is 0 Å². The van der Waals surface area contributed by atoms with Gasteiger partial charge in [0.1, 0.15) is 0 Å². The molecule has 0 saturated heterocycles. The predicted octanol–water partition coefficient (Wildman–Crippen LogP) is 3.37. The van der Waals surface area contributed by atoms with Crippen LogP contribution in [0.3, 0.4) is 0 Å². The molecule has 1 saturated carbocycles. The molecule has 0 radical (unpaired) electrons. The Morgan fingerprint density at radius 1 is 1.07 bits per heavy atom. The van der Waals surface area contributed by atoms with Gasteiger partial charge in [-0.3, -0.25) is 9.59 Å². The lowest BCUT2D eigenvalue weighted by Gasteiger charge is -2.18. The van der Waals surface area contributed by atoms with Gasteiger partial charge >= 0.3 is 5.97 Å². The molecule has 6 nitrogen and oxygen atoms in total. The molecule has 29 heavy (non-hydrogen) atoms. The third-order valence-corrected chi connectivity index (χ3v) is 4.79. The average molecular weight is 389 g/mol. The fourth-order valence-corrected chi connectivity index (χ4v) is 3.05. The molecular formula is C23H23N3O3.